The van der Waals surface area contributed by atoms with Gasteiger partial charge in [0.25, 0.3) is 0 Å². The minimum absolute atomic E-state index is 0.0938. The molecule has 3 atom stereocenters. The number of imide groups is 1. The van der Waals surface area contributed by atoms with E-state index in [1.807, 2.05) is 25.1 Å². The molecule has 1 saturated heterocycles. The predicted octanol–water partition coefficient (Wildman–Crippen LogP) is 2.37. The lowest BCUT2D eigenvalue weighted by Crippen LogP contribution is -2.46. The van der Waals surface area contributed by atoms with Gasteiger partial charge in [-0.25, -0.2) is 0 Å². The Balaban J connectivity index is 2.37. The third-order valence-electron chi connectivity index (χ3n) is 3.80. The van der Waals surface area contributed by atoms with Crippen molar-refractivity contribution in [1.82, 2.24) is 5.32 Å². The second-order valence-electron chi connectivity index (χ2n) is 5.21. The van der Waals surface area contributed by atoms with Gasteiger partial charge in [0.15, 0.2) is 0 Å². The molecular formula is C15H18ClNO3. The lowest BCUT2D eigenvalue weighted by Gasteiger charge is -2.34. The molecule has 1 aromatic carbocycles. The number of hydrogen-bond acceptors (Lipinski definition) is 3. The Hall–Kier alpha value is -1.39. The molecule has 1 aromatic rings. The summed E-state index contributed by atoms with van der Waals surface area (Å²) >= 11 is 6.21. The zero-order valence-corrected chi connectivity index (χ0v) is 12.3. The van der Waals surface area contributed by atoms with Gasteiger partial charge in [-0.3, -0.25) is 14.9 Å². The van der Waals surface area contributed by atoms with E-state index >= 15 is 0 Å². The summed E-state index contributed by atoms with van der Waals surface area (Å²) in [5.41, 5.74) is 0.770. The first-order chi connectivity index (χ1) is 9.54. The number of carbonyl (C=O) groups is 2. The highest BCUT2D eigenvalue weighted by molar-refractivity contribution is 6.31. The van der Waals surface area contributed by atoms with Gasteiger partial charge < -0.3 is 4.74 Å². The Bertz CT molecular complexity index is 518. The van der Waals surface area contributed by atoms with Gasteiger partial charge in [0.2, 0.25) is 11.8 Å². The number of halogens is 1. The van der Waals surface area contributed by atoms with E-state index in [4.69, 9.17) is 16.3 Å². The first kappa shape index (κ1) is 15.0. The molecule has 0 bridgehead atoms. The second-order valence-corrected chi connectivity index (χ2v) is 5.62. The summed E-state index contributed by atoms with van der Waals surface area (Å²) in [6, 6.07) is 7.28. The molecule has 2 rings (SSSR count). The van der Waals surface area contributed by atoms with Gasteiger partial charge in [-0.05, 0) is 23.5 Å². The Labute approximate surface area is 123 Å². The highest BCUT2D eigenvalue weighted by Gasteiger charge is 2.40. The summed E-state index contributed by atoms with van der Waals surface area (Å²) in [5.74, 6) is -0.924. The van der Waals surface area contributed by atoms with Crippen molar-refractivity contribution >= 4 is 23.4 Å². The average Bonchev–Trinajstić information content (AvgIpc) is 2.39. The van der Waals surface area contributed by atoms with Gasteiger partial charge in [0.1, 0.15) is 0 Å². The maximum Gasteiger partial charge on any atom is 0.234 e. The van der Waals surface area contributed by atoms with Crippen LogP contribution in [0, 0.1) is 11.8 Å². The zero-order valence-electron chi connectivity index (χ0n) is 11.6. The average molecular weight is 296 g/mol. The number of amides is 2. The summed E-state index contributed by atoms with van der Waals surface area (Å²) in [6.07, 6.45) is 0.312. The van der Waals surface area contributed by atoms with Crippen molar-refractivity contribution in [3.05, 3.63) is 34.9 Å². The molecule has 1 heterocycles. The molecule has 2 amide bonds. The molecule has 3 unspecified atom stereocenters. The molecule has 0 aliphatic carbocycles. The summed E-state index contributed by atoms with van der Waals surface area (Å²) in [7, 11) is 1.62. The van der Waals surface area contributed by atoms with Gasteiger partial charge in [-0.2, -0.15) is 0 Å². The number of piperidine rings is 1. The van der Waals surface area contributed by atoms with E-state index in [9.17, 15) is 9.59 Å². The molecule has 5 heteroatoms. The lowest BCUT2D eigenvalue weighted by molar-refractivity contribution is -0.137. The van der Waals surface area contributed by atoms with E-state index in [1.54, 1.807) is 13.2 Å². The number of hydrogen-bond donors (Lipinski definition) is 1. The van der Waals surface area contributed by atoms with Crippen molar-refractivity contribution < 1.29 is 14.3 Å². The minimum atomic E-state index is -0.411. The summed E-state index contributed by atoms with van der Waals surface area (Å²) in [4.78, 5) is 23.9. The van der Waals surface area contributed by atoms with Gasteiger partial charge in [0, 0.05) is 25.2 Å². The zero-order chi connectivity index (χ0) is 14.7. The standard InChI is InChI=1S/C15H18ClNO3/c1-9(8-20-2)11-7-13(18)17-15(19)14(11)10-5-3-4-6-12(10)16/h3-6,9,11,14H,7-8H2,1-2H3,(H,17,18,19). The maximum atomic E-state index is 12.2. The molecule has 1 aliphatic rings. The van der Waals surface area contributed by atoms with Crippen LogP contribution in [0.2, 0.25) is 5.02 Å². The Morgan fingerprint density at radius 1 is 1.40 bits per heavy atom. The van der Waals surface area contributed by atoms with Gasteiger partial charge in [-0.1, -0.05) is 36.7 Å². The van der Waals surface area contributed by atoms with E-state index < -0.39 is 5.92 Å². The second kappa shape index (κ2) is 6.37. The van der Waals surface area contributed by atoms with Crippen LogP contribution in [0.5, 0.6) is 0 Å². The molecule has 0 saturated carbocycles. The topological polar surface area (TPSA) is 55.4 Å². The lowest BCUT2D eigenvalue weighted by atomic mass is 9.74. The molecule has 20 heavy (non-hydrogen) atoms. The van der Waals surface area contributed by atoms with Gasteiger partial charge in [0.05, 0.1) is 5.92 Å². The van der Waals surface area contributed by atoms with Crippen LogP contribution in [0.3, 0.4) is 0 Å². The highest BCUT2D eigenvalue weighted by Crippen LogP contribution is 2.38. The van der Waals surface area contributed by atoms with Gasteiger partial charge >= 0.3 is 0 Å². The molecule has 1 N–H and O–H groups in total. The largest absolute Gasteiger partial charge is 0.384 e. The Kier molecular flexibility index (Phi) is 4.78. The van der Waals surface area contributed by atoms with Crippen LogP contribution < -0.4 is 5.32 Å². The number of nitrogens with one attached hydrogen (secondary N) is 1. The quantitative estimate of drug-likeness (QED) is 0.868. The first-order valence-electron chi connectivity index (χ1n) is 6.61. The third-order valence-corrected chi connectivity index (χ3v) is 4.14. The molecule has 4 nitrogen and oxygen atoms in total. The summed E-state index contributed by atoms with van der Waals surface area (Å²) < 4.78 is 5.17. The monoisotopic (exact) mass is 295 g/mol. The van der Waals surface area contributed by atoms with Crippen LogP contribution in [0.1, 0.15) is 24.8 Å². The third kappa shape index (κ3) is 3.02. The van der Waals surface area contributed by atoms with E-state index in [2.05, 4.69) is 5.32 Å². The van der Waals surface area contributed by atoms with E-state index in [-0.39, 0.29) is 23.7 Å². The molecule has 0 spiro atoms. The van der Waals surface area contributed by atoms with Crippen molar-refractivity contribution in [3.8, 4) is 0 Å². The van der Waals surface area contributed by atoms with Crippen LogP contribution in [-0.2, 0) is 14.3 Å². The summed E-state index contributed by atoms with van der Waals surface area (Å²) in [5, 5.41) is 2.96. The highest BCUT2D eigenvalue weighted by atomic mass is 35.5. The molecule has 0 radical (unpaired) electrons. The van der Waals surface area contributed by atoms with Crippen LogP contribution in [-0.4, -0.2) is 25.5 Å². The molecule has 108 valence electrons. The van der Waals surface area contributed by atoms with E-state index in [1.165, 1.54) is 0 Å². The van der Waals surface area contributed by atoms with E-state index in [0.29, 0.717) is 18.1 Å². The van der Waals surface area contributed by atoms with Crippen molar-refractivity contribution in [3.63, 3.8) is 0 Å². The fraction of sp³-hybridized carbons (Fsp3) is 0.467. The van der Waals surface area contributed by atoms with Crippen LogP contribution >= 0.6 is 11.6 Å². The molecule has 1 fully saturated rings. The van der Waals surface area contributed by atoms with Crippen LogP contribution in [0.4, 0.5) is 0 Å². The smallest absolute Gasteiger partial charge is 0.234 e. The normalized spacial score (nSPS) is 24.4. The number of carbonyl (C=O) groups excluding carboxylic acids is 2. The Morgan fingerprint density at radius 3 is 2.75 bits per heavy atom. The number of rotatable bonds is 4. The maximum absolute atomic E-state index is 12.2. The molecule has 0 aromatic heterocycles. The summed E-state index contributed by atoms with van der Waals surface area (Å²) in [6.45, 7) is 2.50. The van der Waals surface area contributed by atoms with Crippen molar-refractivity contribution in [2.24, 2.45) is 11.8 Å². The van der Waals surface area contributed by atoms with Crippen molar-refractivity contribution in [2.45, 2.75) is 19.3 Å². The fourth-order valence-electron chi connectivity index (χ4n) is 2.81. The molecular weight excluding hydrogens is 278 g/mol. The SMILES string of the molecule is COCC(C)C1CC(=O)NC(=O)C1c1ccccc1Cl. The number of benzene rings is 1. The number of ether oxygens (including phenoxy) is 1. The predicted molar refractivity (Wildman–Crippen MR) is 76.5 cm³/mol. The minimum Gasteiger partial charge on any atom is -0.384 e. The Morgan fingerprint density at radius 2 is 2.10 bits per heavy atom. The van der Waals surface area contributed by atoms with Crippen LogP contribution in [0.15, 0.2) is 24.3 Å². The number of methoxy groups -OCH3 is 1. The van der Waals surface area contributed by atoms with Gasteiger partial charge in [-0.15, -0.1) is 0 Å². The van der Waals surface area contributed by atoms with Crippen LogP contribution in [0.25, 0.3) is 0 Å². The first-order valence-corrected chi connectivity index (χ1v) is 6.99. The fourth-order valence-corrected chi connectivity index (χ4v) is 3.06. The molecule has 1 aliphatic heterocycles. The van der Waals surface area contributed by atoms with Crippen molar-refractivity contribution in [2.75, 3.05) is 13.7 Å². The van der Waals surface area contributed by atoms with Crippen molar-refractivity contribution in [1.29, 1.82) is 0 Å². The van der Waals surface area contributed by atoms with E-state index in [0.717, 1.165) is 5.56 Å².